The molecule has 0 saturated carbocycles. The molecule has 0 aliphatic heterocycles. The maximum atomic E-state index is 12.7. The van der Waals surface area contributed by atoms with Gasteiger partial charge in [-0.05, 0) is 35.4 Å². The van der Waals surface area contributed by atoms with Gasteiger partial charge in [0.2, 0.25) is 10.0 Å². The van der Waals surface area contributed by atoms with E-state index in [4.69, 9.17) is 0 Å². The van der Waals surface area contributed by atoms with E-state index in [1.54, 1.807) is 18.2 Å². The van der Waals surface area contributed by atoms with E-state index in [9.17, 15) is 13.2 Å². The highest BCUT2D eigenvalue weighted by molar-refractivity contribution is 7.89. The molecule has 0 unspecified atom stereocenters. The molecule has 3 aromatic carbocycles. The van der Waals surface area contributed by atoms with E-state index in [1.165, 1.54) is 13.3 Å². The minimum absolute atomic E-state index is 0.143. The van der Waals surface area contributed by atoms with E-state index < -0.39 is 15.9 Å². The first-order valence-electron chi connectivity index (χ1n) is 8.70. The molecule has 0 aliphatic carbocycles. The Morgan fingerprint density at radius 2 is 1.71 bits per heavy atom. The molecule has 0 radical (unpaired) electrons. The highest BCUT2D eigenvalue weighted by Gasteiger charge is 2.23. The summed E-state index contributed by atoms with van der Waals surface area (Å²) in [6, 6.07) is 20.0. The first-order chi connectivity index (χ1) is 13.4. The summed E-state index contributed by atoms with van der Waals surface area (Å²) >= 11 is 0. The van der Waals surface area contributed by atoms with Crippen molar-refractivity contribution in [3.05, 3.63) is 77.9 Å². The lowest BCUT2D eigenvalue weighted by Gasteiger charge is -2.16. The van der Waals surface area contributed by atoms with E-state index in [0.29, 0.717) is 0 Å². The van der Waals surface area contributed by atoms with Crippen LogP contribution in [0.3, 0.4) is 0 Å². The standard InChI is InChI=1S/C21H21N3O3S/c1-16-7-9-17(10-8-16)14-22-23-21(25)15-24(2)28(26,27)20-12-11-18-5-3-4-6-19(18)13-20/h3-14H,15H2,1-2H3,(H,23,25)/b22-14+. The molecule has 28 heavy (non-hydrogen) atoms. The molecule has 3 aromatic rings. The second-order valence-corrected chi connectivity index (χ2v) is 8.52. The summed E-state index contributed by atoms with van der Waals surface area (Å²) in [5.74, 6) is -0.518. The third-order valence-corrected chi connectivity index (χ3v) is 6.07. The van der Waals surface area contributed by atoms with Crippen molar-refractivity contribution in [2.24, 2.45) is 5.10 Å². The quantitative estimate of drug-likeness (QED) is 0.515. The molecule has 1 N–H and O–H groups in total. The van der Waals surface area contributed by atoms with Gasteiger partial charge in [-0.1, -0.05) is 60.2 Å². The molecule has 0 aromatic heterocycles. The lowest BCUT2D eigenvalue weighted by Crippen LogP contribution is -2.36. The number of nitrogens with zero attached hydrogens (tertiary/aromatic N) is 2. The first-order valence-corrected chi connectivity index (χ1v) is 10.1. The van der Waals surface area contributed by atoms with Crippen molar-refractivity contribution in [1.82, 2.24) is 9.73 Å². The van der Waals surface area contributed by atoms with Crippen LogP contribution in [-0.4, -0.2) is 38.4 Å². The molecule has 144 valence electrons. The minimum Gasteiger partial charge on any atom is -0.272 e. The highest BCUT2D eigenvalue weighted by atomic mass is 32.2. The second-order valence-electron chi connectivity index (χ2n) is 6.47. The summed E-state index contributed by atoms with van der Waals surface area (Å²) < 4.78 is 26.5. The fourth-order valence-corrected chi connectivity index (χ4v) is 3.82. The summed E-state index contributed by atoms with van der Waals surface area (Å²) in [6.07, 6.45) is 1.51. The molecular formula is C21H21N3O3S. The largest absolute Gasteiger partial charge is 0.272 e. The molecule has 7 heteroatoms. The average molecular weight is 395 g/mol. The third kappa shape index (κ3) is 4.62. The van der Waals surface area contributed by atoms with Crippen LogP contribution in [0.25, 0.3) is 10.8 Å². The normalized spacial score (nSPS) is 12.0. The number of amides is 1. The number of hydrazone groups is 1. The van der Waals surface area contributed by atoms with Crippen molar-refractivity contribution in [2.75, 3.05) is 13.6 Å². The molecule has 0 bridgehead atoms. The monoisotopic (exact) mass is 395 g/mol. The van der Waals surface area contributed by atoms with Crippen LogP contribution < -0.4 is 5.43 Å². The van der Waals surface area contributed by atoms with E-state index in [0.717, 1.165) is 26.2 Å². The van der Waals surface area contributed by atoms with E-state index in [1.807, 2.05) is 55.5 Å². The van der Waals surface area contributed by atoms with Gasteiger partial charge in [-0.3, -0.25) is 4.79 Å². The molecular weight excluding hydrogens is 374 g/mol. The zero-order valence-corrected chi connectivity index (χ0v) is 16.5. The van der Waals surface area contributed by atoms with Crippen molar-refractivity contribution in [3.63, 3.8) is 0 Å². The van der Waals surface area contributed by atoms with E-state index >= 15 is 0 Å². The Labute approximate surface area is 164 Å². The van der Waals surface area contributed by atoms with Crippen LogP contribution in [-0.2, 0) is 14.8 Å². The maximum absolute atomic E-state index is 12.7. The van der Waals surface area contributed by atoms with Gasteiger partial charge < -0.3 is 0 Å². The molecule has 0 aliphatic rings. The molecule has 0 heterocycles. The van der Waals surface area contributed by atoms with Gasteiger partial charge >= 0.3 is 0 Å². The van der Waals surface area contributed by atoms with Crippen LogP contribution in [0.5, 0.6) is 0 Å². The highest BCUT2D eigenvalue weighted by Crippen LogP contribution is 2.21. The van der Waals surface area contributed by atoms with E-state index in [2.05, 4.69) is 10.5 Å². The van der Waals surface area contributed by atoms with E-state index in [-0.39, 0.29) is 11.4 Å². The Hall–Kier alpha value is -3.03. The Kier molecular flexibility index (Phi) is 5.87. The number of benzene rings is 3. The molecule has 1 amide bonds. The number of fused-ring (bicyclic) bond motifs is 1. The van der Waals surface area contributed by atoms with Crippen molar-refractivity contribution in [1.29, 1.82) is 0 Å². The molecule has 3 rings (SSSR count). The van der Waals surface area contributed by atoms with Gasteiger partial charge in [0.25, 0.3) is 5.91 Å². The smallest absolute Gasteiger partial charge is 0.255 e. The fraction of sp³-hybridized carbons (Fsp3) is 0.143. The van der Waals surface area contributed by atoms with Crippen molar-refractivity contribution in [2.45, 2.75) is 11.8 Å². The van der Waals surface area contributed by atoms with Crippen LogP contribution in [0.15, 0.2) is 76.7 Å². The number of sulfonamides is 1. The van der Waals surface area contributed by atoms with Gasteiger partial charge in [-0.25, -0.2) is 13.8 Å². The van der Waals surface area contributed by atoms with Crippen LogP contribution in [0, 0.1) is 6.92 Å². The summed E-state index contributed by atoms with van der Waals surface area (Å²) in [5.41, 5.74) is 4.32. The van der Waals surface area contributed by atoms with Crippen molar-refractivity contribution < 1.29 is 13.2 Å². The van der Waals surface area contributed by atoms with Crippen LogP contribution in [0.4, 0.5) is 0 Å². The molecule has 0 saturated heterocycles. The van der Waals surface area contributed by atoms with Crippen LogP contribution in [0.2, 0.25) is 0 Å². The van der Waals surface area contributed by atoms with Crippen LogP contribution in [0.1, 0.15) is 11.1 Å². The fourth-order valence-electron chi connectivity index (χ4n) is 2.66. The van der Waals surface area contributed by atoms with Gasteiger partial charge in [0.15, 0.2) is 0 Å². The number of carbonyl (C=O) groups excluding carboxylic acids is 1. The predicted molar refractivity (Wildman–Crippen MR) is 111 cm³/mol. The second kappa shape index (κ2) is 8.33. The van der Waals surface area contributed by atoms with Crippen molar-refractivity contribution >= 4 is 32.9 Å². The Morgan fingerprint density at radius 1 is 1.04 bits per heavy atom. The number of hydrogen-bond donors (Lipinski definition) is 1. The molecule has 0 spiro atoms. The predicted octanol–water partition coefficient (Wildman–Crippen LogP) is 2.92. The number of rotatable bonds is 6. The first kappa shape index (κ1) is 19.7. The lowest BCUT2D eigenvalue weighted by atomic mass is 10.1. The number of carbonyl (C=O) groups is 1. The third-order valence-electron chi connectivity index (χ3n) is 4.28. The zero-order chi connectivity index (χ0) is 20.1. The van der Waals surface area contributed by atoms with Gasteiger partial charge in [0.1, 0.15) is 0 Å². The minimum atomic E-state index is -3.79. The Balaban J connectivity index is 1.65. The van der Waals surface area contributed by atoms with Gasteiger partial charge in [0, 0.05) is 7.05 Å². The summed E-state index contributed by atoms with van der Waals surface area (Å²) in [5, 5.41) is 5.65. The molecule has 0 atom stereocenters. The molecule has 0 fully saturated rings. The van der Waals surface area contributed by atoms with Gasteiger partial charge in [-0.15, -0.1) is 0 Å². The Bertz CT molecular complexity index is 1120. The van der Waals surface area contributed by atoms with Crippen LogP contribution >= 0.6 is 0 Å². The van der Waals surface area contributed by atoms with Gasteiger partial charge in [0.05, 0.1) is 17.7 Å². The number of nitrogens with one attached hydrogen (secondary N) is 1. The van der Waals surface area contributed by atoms with Gasteiger partial charge in [-0.2, -0.15) is 9.41 Å². The number of aryl methyl sites for hydroxylation is 1. The Morgan fingerprint density at radius 3 is 2.43 bits per heavy atom. The number of hydrogen-bond acceptors (Lipinski definition) is 4. The average Bonchev–Trinajstić information content (AvgIpc) is 2.69. The number of likely N-dealkylation sites (N-methyl/N-ethyl adjacent to an activating group) is 1. The van der Waals surface area contributed by atoms with Crippen molar-refractivity contribution in [3.8, 4) is 0 Å². The zero-order valence-electron chi connectivity index (χ0n) is 15.7. The summed E-state index contributed by atoms with van der Waals surface area (Å²) in [6.45, 7) is 1.65. The molecule has 6 nitrogen and oxygen atoms in total. The summed E-state index contributed by atoms with van der Waals surface area (Å²) in [4.78, 5) is 12.2. The SMILES string of the molecule is Cc1ccc(/C=N/NC(=O)CN(C)S(=O)(=O)c2ccc3ccccc3c2)cc1. The summed E-state index contributed by atoms with van der Waals surface area (Å²) in [7, 11) is -2.42. The lowest BCUT2D eigenvalue weighted by molar-refractivity contribution is -0.121. The topological polar surface area (TPSA) is 78.8 Å². The maximum Gasteiger partial charge on any atom is 0.255 e.